The molecule has 0 aliphatic carbocycles. The summed E-state index contributed by atoms with van der Waals surface area (Å²) < 4.78 is 18.0. The number of fused-ring (bicyclic) bond motifs is 1. The molecule has 2 aromatic rings. The van der Waals surface area contributed by atoms with Gasteiger partial charge in [-0.05, 0) is 54.5 Å². The van der Waals surface area contributed by atoms with Crippen molar-refractivity contribution < 1.29 is 23.5 Å². The third-order valence-electron chi connectivity index (χ3n) is 4.10. The number of hydrogen-bond acceptors (Lipinski definition) is 4. The van der Waals surface area contributed by atoms with Crippen molar-refractivity contribution >= 4 is 29.4 Å². The van der Waals surface area contributed by atoms with E-state index in [-0.39, 0.29) is 17.6 Å². The van der Waals surface area contributed by atoms with Gasteiger partial charge in [-0.25, -0.2) is 9.18 Å². The van der Waals surface area contributed by atoms with E-state index in [1.165, 1.54) is 24.3 Å². The molecule has 1 amide bonds. The number of amides is 1. The summed E-state index contributed by atoms with van der Waals surface area (Å²) in [5.74, 6) is -1.91. The summed E-state index contributed by atoms with van der Waals surface area (Å²) >= 11 is 0. The first-order valence-electron chi connectivity index (χ1n) is 8.02. The Hall–Kier alpha value is -3.28. The van der Waals surface area contributed by atoms with Crippen LogP contribution in [0.15, 0.2) is 48.5 Å². The number of ketones is 1. The van der Waals surface area contributed by atoms with Gasteiger partial charge >= 0.3 is 5.97 Å². The molecular weight excluding hydrogens is 337 g/mol. The maximum atomic E-state index is 13.1. The predicted octanol–water partition coefficient (Wildman–Crippen LogP) is 3.32. The number of carbonyl (C=O) groups is 3. The van der Waals surface area contributed by atoms with Crippen molar-refractivity contribution in [1.82, 2.24) is 0 Å². The first-order chi connectivity index (χ1) is 12.4. The first-order valence-corrected chi connectivity index (χ1v) is 8.02. The van der Waals surface area contributed by atoms with Crippen molar-refractivity contribution in [2.75, 3.05) is 11.9 Å². The Morgan fingerprint density at radius 2 is 2.04 bits per heavy atom. The maximum Gasteiger partial charge on any atom is 0.331 e. The fourth-order valence-electron chi connectivity index (χ4n) is 2.63. The Balaban J connectivity index is 1.59. The third kappa shape index (κ3) is 3.85. The highest BCUT2D eigenvalue weighted by molar-refractivity contribution is 6.05. The molecule has 2 aromatic carbocycles. The minimum Gasteiger partial charge on any atom is -0.454 e. The van der Waals surface area contributed by atoms with E-state index in [2.05, 4.69) is 5.32 Å². The van der Waals surface area contributed by atoms with Crippen LogP contribution in [0.1, 0.15) is 34.3 Å². The SMILES string of the molecule is C[C@H]1C(=O)Nc2ccc(C(=O)COC(=O)/C=C/c3cccc(F)c3)cc21. The van der Waals surface area contributed by atoms with Crippen LogP contribution in [0.4, 0.5) is 10.1 Å². The van der Waals surface area contributed by atoms with Crippen LogP contribution in [0, 0.1) is 5.82 Å². The molecule has 1 heterocycles. The molecule has 0 fully saturated rings. The van der Waals surface area contributed by atoms with E-state index in [9.17, 15) is 18.8 Å². The largest absolute Gasteiger partial charge is 0.454 e. The minimum absolute atomic E-state index is 0.112. The van der Waals surface area contributed by atoms with Crippen molar-refractivity contribution in [3.05, 3.63) is 71.0 Å². The smallest absolute Gasteiger partial charge is 0.331 e. The zero-order valence-electron chi connectivity index (χ0n) is 14.0. The van der Waals surface area contributed by atoms with Gasteiger partial charge in [-0.15, -0.1) is 0 Å². The molecule has 0 spiro atoms. The monoisotopic (exact) mass is 353 g/mol. The Kier molecular flexibility index (Phi) is 4.93. The van der Waals surface area contributed by atoms with E-state index in [0.717, 1.165) is 11.6 Å². The Morgan fingerprint density at radius 1 is 1.23 bits per heavy atom. The van der Waals surface area contributed by atoms with Gasteiger partial charge in [-0.1, -0.05) is 12.1 Å². The van der Waals surface area contributed by atoms with Crippen LogP contribution < -0.4 is 5.32 Å². The molecule has 1 atom stereocenters. The van der Waals surface area contributed by atoms with Gasteiger partial charge < -0.3 is 10.1 Å². The summed E-state index contributed by atoms with van der Waals surface area (Å²) in [5, 5.41) is 2.73. The second-order valence-electron chi connectivity index (χ2n) is 5.93. The third-order valence-corrected chi connectivity index (χ3v) is 4.10. The fraction of sp³-hybridized carbons (Fsp3) is 0.150. The highest BCUT2D eigenvalue weighted by Gasteiger charge is 2.27. The molecule has 5 nitrogen and oxygen atoms in total. The number of ether oxygens (including phenoxy) is 1. The van der Waals surface area contributed by atoms with Crippen LogP contribution in [-0.4, -0.2) is 24.3 Å². The predicted molar refractivity (Wildman–Crippen MR) is 94.2 cm³/mol. The number of anilines is 1. The van der Waals surface area contributed by atoms with Gasteiger partial charge in [-0.2, -0.15) is 0 Å². The number of nitrogens with one attached hydrogen (secondary N) is 1. The van der Waals surface area contributed by atoms with E-state index >= 15 is 0 Å². The lowest BCUT2D eigenvalue weighted by atomic mass is 9.99. The molecule has 1 N–H and O–H groups in total. The first kappa shape index (κ1) is 17.5. The lowest BCUT2D eigenvalue weighted by Gasteiger charge is -2.06. The van der Waals surface area contributed by atoms with Crippen molar-refractivity contribution in [2.24, 2.45) is 0 Å². The van der Waals surface area contributed by atoms with Gasteiger partial charge in [-0.3, -0.25) is 9.59 Å². The zero-order chi connectivity index (χ0) is 18.7. The normalized spacial score (nSPS) is 15.6. The second kappa shape index (κ2) is 7.31. The van der Waals surface area contributed by atoms with Crippen LogP contribution in [0.2, 0.25) is 0 Å². The maximum absolute atomic E-state index is 13.1. The Labute approximate surface area is 149 Å². The summed E-state index contributed by atoms with van der Waals surface area (Å²) in [6, 6.07) is 10.6. The molecule has 0 unspecified atom stereocenters. The number of carbonyl (C=O) groups excluding carboxylic acids is 3. The number of esters is 1. The number of halogens is 1. The second-order valence-corrected chi connectivity index (χ2v) is 5.93. The summed E-state index contributed by atoms with van der Waals surface area (Å²) in [7, 11) is 0. The number of rotatable bonds is 5. The Bertz CT molecular complexity index is 920. The number of Topliss-reactive ketones (excluding diaryl/α,β-unsaturated/α-hetero) is 1. The summed E-state index contributed by atoms with van der Waals surface area (Å²) in [4.78, 5) is 35.6. The van der Waals surface area contributed by atoms with Crippen molar-refractivity contribution in [3.8, 4) is 0 Å². The van der Waals surface area contributed by atoms with Crippen molar-refractivity contribution in [2.45, 2.75) is 12.8 Å². The molecule has 3 rings (SSSR count). The summed E-state index contributed by atoms with van der Waals surface area (Å²) in [5.41, 5.74) is 2.32. The topological polar surface area (TPSA) is 72.5 Å². The van der Waals surface area contributed by atoms with Gasteiger partial charge in [0.05, 0.1) is 5.92 Å². The lowest BCUT2D eigenvalue weighted by Crippen LogP contribution is -2.13. The molecule has 0 saturated heterocycles. The summed E-state index contributed by atoms with van der Waals surface area (Å²) in [6.07, 6.45) is 2.54. The molecule has 1 aliphatic heterocycles. The van der Waals surface area contributed by atoms with Gasteiger partial charge in [0.2, 0.25) is 5.91 Å². The molecule has 0 saturated carbocycles. The lowest BCUT2D eigenvalue weighted by molar-refractivity contribution is -0.136. The summed E-state index contributed by atoms with van der Waals surface area (Å²) in [6.45, 7) is 1.34. The number of benzene rings is 2. The highest BCUT2D eigenvalue weighted by Crippen LogP contribution is 2.32. The van der Waals surface area contributed by atoms with Gasteiger partial charge in [0, 0.05) is 17.3 Å². The van der Waals surface area contributed by atoms with E-state index in [1.807, 2.05) is 0 Å². The quantitative estimate of drug-likeness (QED) is 0.508. The van der Waals surface area contributed by atoms with E-state index < -0.39 is 18.4 Å². The molecular formula is C20H16FNO4. The van der Waals surface area contributed by atoms with Gasteiger partial charge in [0.15, 0.2) is 12.4 Å². The molecule has 0 bridgehead atoms. The van der Waals surface area contributed by atoms with E-state index in [4.69, 9.17) is 4.74 Å². The molecule has 26 heavy (non-hydrogen) atoms. The average Bonchev–Trinajstić information content (AvgIpc) is 2.91. The van der Waals surface area contributed by atoms with Crippen LogP contribution >= 0.6 is 0 Å². The van der Waals surface area contributed by atoms with Crippen LogP contribution in [0.25, 0.3) is 6.08 Å². The van der Waals surface area contributed by atoms with E-state index in [0.29, 0.717) is 16.8 Å². The molecule has 1 aliphatic rings. The average molecular weight is 353 g/mol. The van der Waals surface area contributed by atoms with Gasteiger partial charge in [0.25, 0.3) is 0 Å². The van der Waals surface area contributed by atoms with Crippen molar-refractivity contribution in [3.63, 3.8) is 0 Å². The standard InChI is InChI=1S/C20H16FNO4/c1-12-16-10-14(6-7-17(16)22-20(12)25)18(23)11-26-19(24)8-5-13-3-2-4-15(21)9-13/h2-10,12H,11H2,1H3,(H,22,25)/b8-5+/t12-/m1/s1. The van der Waals surface area contributed by atoms with Gasteiger partial charge in [0.1, 0.15) is 5.82 Å². The van der Waals surface area contributed by atoms with Crippen molar-refractivity contribution in [1.29, 1.82) is 0 Å². The highest BCUT2D eigenvalue weighted by atomic mass is 19.1. The minimum atomic E-state index is -0.700. The molecule has 0 radical (unpaired) electrons. The Morgan fingerprint density at radius 3 is 2.81 bits per heavy atom. The van der Waals surface area contributed by atoms with Crippen LogP contribution in [-0.2, 0) is 14.3 Å². The number of hydrogen-bond donors (Lipinski definition) is 1. The molecule has 6 heteroatoms. The zero-order valence-corrected chi connectivity index (χ0v) is 14.0. The van der Waals surface area contributed by atoms with Crippen LogP contribution in [0.3, 0.4) is 0 Å². The molecule has 0 aromatic heterocycles. The fourth-order valence-corrected chi connectivity index (χ4v) is 2.63. The molecule has 132 valence electrons. The van der Waals surface area contributed by atoms with Crippen LogP contribution in [0.5, 0.6) is 0 Å². The van der Waals surface area contributed by atoms with E-state index in [1.54, 1.807) is 31.2 Å².